The molecule has 0 atom stereocenters. The number of ether oxygens (including phenoxy) is 1. The second kappa shape index (κ2) is 8.54. The van der Waals surface area contributed by atoms with Crippen LogP contribution in [0.5, 0.6) is 5.75 Å². The van der Waals surface area contributed by atoms with Gasteiger partial charge in [0.05, 0.1) is 12.0 Å². The maximum atomic E-state index is 12.0. The van der Waals surface area contributed by atoms with E-state index in [2.05, 4.69) is 15.3 Å². The zero-order valence-electron chi connectivity index (χ0n) is 14.9. The van der Waals surface area contributed by atoms with Crippen molar-refractivity contribution in [3.05, 3.63) is 82.7 Å². The van der Waals surface area contributed by atoms with Crippen molar-refractivity contribution in [1.29, 1.82) is 0 Å². The second-order valence-corrected chi connectivity index (χ2v) is 5.70. The Balaban J connectivity index is 1.65. The lowest BCUT2D eigenvalue weighted by atomic mass is 10.2. The molecule has 1 heterocycles. The molecule has 0 aliphatic rings. The fourth-order valence-corrected chi connectivity index (χ4v) is 2.36. The normalized spacial score (nSPS) is 10.6. The summed E-state index contributed by atoms with van der Waals surface area (Å²) in [6.07, 6.45) is 6.03. The van der Waals surface area contributed by atoms with Crippen LogP contribution < -0.4 is 10.1 Å². The number of anilines is 1. The van der Waals surface area contributed by atoms with Gasteiger partial charge in [0.25, 0.3) is 5.69 Å². The first-order valence-electron chi connectivity index (χ1n) is 8.25. The van der Waals surface area contributed by atoms with Gasteiger partial charge in [0.1, 0.15) is 5.75 Å². The summed E-state index contributed by atoms with van der Waals surface area (Å²) in [6, 6.07) is 13.1. The van der Waals surface area contributed by atoms with Crippen LogP contribution in [0.4, 0.5) is 11.4 Å². The zero-order valence-corrected chi connectivity index (χ0v) is 14.9. The minimum absolute atomic E-state index is 0.0275. The SMILES string of the molecule is COc1ccc(NC(=O)/C=C/c2cnc(-c3cccc([N+](=O)[O-])c3)nc2)cc1. The maximum absolute atomic E-state index is 12.0. The van der Waals surface area contributed by atoms with Crippen LogP contribution in [-0.2, 0) is 4.79 Å². The molecule has 2 aromatic carbocycles. The maximum Gasteiger partial charge on any atom is 0.270 e. The van der Waals surface area contributed by atoms with E-state index < -0.39 is 4.92 Å². The fraction of sp³-hybridized carbons (Fsp3) is 0.0500. The first kappa shape index (κ1) is 18.7. The average molecular weight is 376 g/mol. The predicted molar refractivity (Wildman–Crippen MR) is 105 cm³/mol. The first-order valence-corrected chi connectivity index (χ1v) is 8.25. The van der Waals surface area contributed by atoms with E-state index in [9.17, 15) is 14.9 Å². The fourth-order valence-electron chi connectivity index (χ4n) is 2.36. The summed E-state index contributed by atoms with van der Waals surface area (Å²) in [4.78, 5) is 30.8. The summed E-state index contributed by atoms with van der Waals surface area (Å²) < 4.78 is 5.07. The van der Waals surface area contributed by atoms with Crippen LogP contribution in [0.25, 0.3) is 17.5 Å². The van der Waals surface area contributed by atoms with E-state index in [1.807, 2.05) is 0 Å². The van der Waals surface area contributed by atoms with E-state index in [1.54, 1.807) is 62.0 Å². The van der Waals surface area contributed by atoms with Gasteiger partial charge in [0.15, 0.2) is 5.82 Å². The number of nitrogens with zero attached hydrogens (tertiary/aromatic N) is 3. The smallest absolute Gasteiger partial charge is 0.270 e. The number of rotatable bonds is 6. The molecule has 140 valence electrons. The lowest BCUT2D eigenvalue weighted by Crippen LogP contribution is -2.07. The number of nitro benzene ring substituents is 1. The summed E-state index contributed by atoms with van der Waals surface area (Å²) in [5.74, 6) is 0.769. The van der Waals surface area contributed by atoms with Gasteiger partial charge >= 0.3 is 0 Å². The van der Waals surface area contributed by atoms with E-state index in [1.165, 1.54) is 18.2 Å². The standard InChI is InChI=1S/C20H16N4O4/c1-28-18-8-6-16(7-9-18)23-19(25)10-5-14-12-21-20(22-13-14)15-3-2-4-17(11-15)24(26)27/h2-13H,1H3,(H,23,25)/b10-5+. The molecule has 8 nitrogen and oxygen atoms in total. The van der Waals surface area contributed by atoms with Crippen LogP contribution in [0.1, 0.15) is 5.56 Å². The highest BCUT2D eigenvalue weighted by atomic mass is 16.6. The van der Waals surface area contributed by atoms with Crippen LogP contribution >= 0.6 is 0 Å². The molecule has 0 aliphatic carbocycles. The van der Waals surface area contributed by atoms with E-state index in [4.69, 9.17) is 4.74 Å². The molecule has 0 saturated heterocycles. The number of non-ortho nitro benzene ring substituents is 1. The number of aromatic nitrogens is 2. The van der Waals surface area contributed by atoms with Gasteiger partial charge in [-0.15, -0.1) is 0 Å². The third-order valence-electron chi connectivity index (χ3n) is 3.77. The Hall–Kier alpha value is -4.07. The van der Waals surface area contributed by atoms with Gasteiger partial charge in [0, 0.05) is 47.4 Å². The van der Waals surface area contributed by atoms with E-state index in [0.717, 1.165) is 0 Å². The first-order chi connectivity index (χ1) is 13.5. The number of nitro groups is 1. The van der Waals surface area contributed by atoms with Crippen LogP contribution in [-0.4, -0.2) is 27.9 Å². The third kappa shape index (κ3) is 4.76. The van der Waals surface area contributed by atoms with Crippen LogP contribution in [0, 0.1) is 10.1 Å². The van der Waals surface area contributed by atoms with E-state index in [-0.39, 0.29) is 11.6 Å². The van der Waals surface area contributed by atoms with Gasteiger partial charge in [-0.1, -0.05) is 12.1 Å². The van der Waals surface area contributed by atoms with Crippen molar-refractivity contribution in [3.8, 4) is 17.1 Å². The van der Waals surface area contributed by atoms with Gasteiger partial charge in [-0.05, 0) is 30.3 Å². The molecule has 3 aromatic rings. The number of nitrogens with one attached hydrogen (secondary N) is 1. The quantitative estimate of drug-likeness (QED) is 0.399. The molecule has 0 bridgehead atoms. The van der Waals surface area contributed by atoms with Crippen LogP contribution in [0.15, 0.2) is 67.0 Å². The Kier molecular flexibility index (Phi) is 5.71. The minimum atomic E-state index is -0.470. The summed E-state index contributed by atoms with van der Waals surface area (Å²) in [7, 11) is 1.57. The Morgan fingerprint density at radius 2 is 1.86 bits per heavy atom. The average Bonchev–Trinajstić information content (AvgIpc) is 2.73. The molecule has 0 saturated carbocycles. The van der Waals surface area contributed by atoms with Crippen molar-refractivity contribution < 1.29 is 14.5 Å². The highest BCUT2D eigenvalue weighted by molar-refractivity contribution is 6.01. The van der Waals surface area contributed by atoms with Crippen LogP contribution in [0.2, 0.25) is 0 Å². The molecule has 0 unspecified atom stereocenters. The lowest BCUT2D eigenvalue weighted by molar-refractivity contribution is -0.384. The van der Waals surface area contributed by atoms with E-state index in [0.29, 0.717) is 28.4 Å². The van der Waals surface area contributed by atoms with Crippen molar-refractivity contribution >= 4 is 23.4 Å². The molecule has 1 N–H and O–H groups in total. The molecule has 1 amide bonds. The molecule has 28 heavy (non-hydrogen) atoms. The Labute approximate surface area is 160 Å². The zero-order chi connectivity index (χ0) is 19.9. The van der Waals surface area contributed by atoms with Gasteiger partial charge in [0.2, 0.25) is 5.91 Å². The van der Waals surface area contributed by atoms with Crippen LogP contribution in [0.3, 0.4) is 0 Å². The lowest BCUT2D eigenvalue weighted by Gasteiger charge is -2.04. The number of hydrogen-bond acceptors (Lipinski definition) is 6. The molecular formula is C20H16N4O4. The van der Waals surface area contributed by atoms with Crippen molar-refractivity contribution in [2.45, 2.75) is 0 Å². The molecule has 1 aromatic heterocycles. The largest absolute Gasteiger partial charge is 0.497 e. The molecule has 3 rings (SSSR count). The summed E-state index contributed by atoms with van der Waals surface area (Å²) in [5.41, 5.74) is 1.79. The monoisotopic (exact) mass is 376 g/mol. The highest BCUT2D eigenvalue weighted by Gasteiger charge is 2.08. The topological polar surface area (TPSA) is 107 Å². The Morgan fingerprint density at radius 1 is 1.14 bits per heavy atom. The Bertz CT molecular complexity index is 1020. The second-order valence-electron chi connectivity index (χ2n) is 5.70. The molecular weight excluding hydrogens is 360 g/mol. The molecule has 0 aliphatic heterocycles. The molecule has 8 heteroatoms. The Morgan fingerprint density at radius 3 is 2.50 bits per heavy atom. The molecule has 0 fully saturated rings. The van der Waals surface area contributed by atoms with Gasteiger partial charge < -0.3 is 10.1 Å². The van der Waals surface area contributed by atoms with E-state index >= 15 is 0 Å². The number of methoxy groups -OCH3 is 1. The summed E-state index contributed by atoms with van der Waals surface area (Å²) in [6.45, 7) is 0. The number of amides is 1. The number of carbonyl (C=O) groups excluding carboxylic acids is 1. The van der Waals surface area contributed by atoms with Crippen molar-refractivity contribution in [2.75, 3.05) is 12.4 Å². The predicted octanol–water partition coefficient (Wildman–Crippen LogP) is 3.71. The molecule has 0 spiro atoms. The van der Waals surface area contributed by atoms with Gasteiger partial charge in [-0.2, -0.15) is 0 Å². The van der Waals surface area contributed by atoms with Gasteiger partial charge in [-0.3, -0.25) is 14.9 Å². The number of benzene rings is 2. The van der Waals surface area contributed by atoms with Crippen molar-refractivity contribution in [2.24, 2.45) is 0 Å². The third-order valence-corrected chi connectivity index (χ3v) is 3.77. The molecule has 0 radical (unpaired) electrons. The number of carbonyl (C=O) groups is 1. The summed E-state index contributed by atoms with van der Waals surface area (Å²) >= 11 is 0. The summed E-state index contributed by atoms with van der Waals surface area (Å²) in [5, 5.41) is 13.6. The minimum Gasteiger partial charge on any atom is -0.497 e. The number of hydrogen-bond donors (Lipinski definition) is 1. The van der Waals surface area contributed by atoms with Crippen molar-refractivity contribution in [3.63, 3.8) is 0 Å². The van der Waals surface area contributed by atoms with Crippen molar-refractivity contribution in [1.82, 2.24) is 9.97 Å². The van der Waals surface area contributed by atoms with Gasteiger partial charge in [-0.25, -0.2) is 9.97 Å². The highest BCUT2D eigenvalue weighted by Crippen LogP contribution is 2.20.